The molecule has 1 aliphatic heterocycles. The summed E-state index contributed by atoms with van der Waals surface area (Å²) >= 11 is 0. The van der Waals surface area contributed by atoms with Gasteiger partial charge < -0.3 is 20.5 Å². The second-order valence-corrected chi connectivity index (χ2v) is 6.62. The molecule has 118 valence electrons. The van der Waals surface area contributed by atoms with Gasteiger partial charge in [0.25, 0.3) is 0 Å². The van der Waals surface area contributed by atoms with Crippen molar-refractivity contribution in [3.8, 4) is 0 Å². The first-order chi connectivity index (χ1) is 9.82. The van der Waals surface area contributed by atoms with Gasteiger partial charge in [0.2, 0.25) is 0 Å². The van der Waals surface area contributed by atoms with Crippen molar-refractivity contribution in [1.29, 1.82) is 0 Å². The summed E-state index contributed by atoms with van der Waals surface area (Å²) in [4.78, 5) is 9.11. The lowest BCUT2D eigenvalue weighted by atomic mass is 9.96. The van der Waals surface area contributed by atoms with E-state index < -0.39 is 5.60 Å². The fraction of sp³-hybridized carbons (Fsp3) is 0.733. The van der Waals surface area contributed by atoms with Gasteiger partial charge in [0.1, 0.15) is 23.1 Å². The molecule has 2 rings (SSSR count). The summed E-state index contributed by atoms with van der Waals surface area (Å²) in [6, 6.07) is 1.87. The first kappa shape index (κ1) is 16.0. The Labute approximate surface area is 126 Å². The van der Waals surface area contributed by atoms with Crippen LogP contribution < -0.4 is 10.6 Å². The van der Waals surface area contributed by atoms with Crippen LogP contribution in [0.4, 0.5) is 11.6 Å². The van der Waals surface area contributed by atoms with Crippen molar-refractivity contribution >= 4 is 11.6 Å². The normalized spacial score (nSPS) is 22.3. The first-order valence-electron chi connectivity index (χ1n) is 7.50. The summed E-state index contributed by atoms with van der Waals surface area (Å²) in [6.07, 6.45) is 0.650. The molecule has 0 saturated carbocycles. The van der Waals surface area contributed by atoms with Crippen molar-refractivity contribution in [3.63, 3.8) is 0 Å². The smallest absolute Gasteiger partial charge is 0.138 e. The third-order valence-electron chi connectivity index (χ3n) is 3.44. The fourth-order valence-electron chi connectivity index (χ4n) is 2.14. The van der Waals surface area contributed by atoms with Crippen LogP contribution in [0.25, 0.3) is 0 Å². The average molecular weight is 294 g/mol. The minimum absolute atomic E-state index is 0.130. The molecule has 6 heteroatoms. The molecule has 1 fully saturated rings. The van der Waals surface area contributed by atoms with Crippen LogP contribution in [0, 0.1) is 0 Å². The van der Waals surface area contributed by atoms with Crippen molar-refractivity contribution in [3.05, 3.63) is 11.9 Å². The molecule has 0 aliphatic carbocycles. The van der Waals surface area contributed by atoms with Gasteiger partial charge in [-0.15, -0.1) is 0 Å². The number of nitrogens with zero attached hydrogens (tertiary/aromatic N) is 2. The second-order valence-electron chi connectivity index (χ2n) is 6.62. The summed E-state index contributed by atoms with van der Waals surface area (Å²) in [7, 11) is 0. The van der Waals surface area contributed by atoms with Crippen molar-refractivity contribution in [1.82, 2.24) is 9.97 Å². The SMILES string of the molecule is CCNc1cc(NCC2(O)CCOC2)nc(C(C)(C)C)n1. The number of anilines is 2. The Kier molecular flexibility index (Phi) is 4.68. The Hall–Kier alpha value is -1.40. The third kappa shape index (κ3) is 4.28. The standard InChI is InChI=1S/C15H26N4O2/c1-5-16-11-8-12(19-13(18-11)14(2,3)4)17-9-15(20)6-7-21-10-15/h8,20H,5-7,9-10H2,1-4H3,(H2,16,17,18,19). The van der Waals surface area contributed by atoms with E-state index in [4.69, 9.17) is 4.74 Å². The number of hydrogen-bond donors (Lipinski definition) is 3. The highest BCUT2D eigenvalue weighted by Gasteiger charge is 2.32. The van der Waals surface area contributed by atoms with E-state index in [2.05, 4.69) is 41.4 Å². The van der Waals surface area contributed by atoms with E-state index in [9.17, 15) is 5.11 Å². The molecule has 6 nitrogen and oxygen atoms in total. The van der Waals surface area contributed by atoms with E-state index in [1.165, 1.54) is 0 Å². The van der Waals surface area contributed by atoms with Crippen LogP contribution in [0.5, 0.6) is 0 Å². The average Bonchev–Trinajstić information content (AvgIpc) is 2.83. The van der Waals surface area contributed by atoms with E-state index in [1.54, 1.807) is 0 Å². The van der Waals surface area contributed by atoms with Gasteiger partial charge in [-0.2, -0.15) is 0 Å². The van der Waals surface area contributed by atoms with E-state index in [0.29, 0.717) is 26.2 Å². The molecule has 1 aliphatic rings. The zero-order chi connectivity index (χ0) is 15.5. The number of nitrogens with one attached hydrogen (secondary N) is 2. The highest BCUT2D eigenvalue weighted by atomic mass is 16.5. The molecule has 21 heavy (non-hydrogen) atoms. The minimum Gasteiger partial charge on any atom is -0.386 e. The summed E-state index contributed by atoms with van der Waals surface area (Å²) in [6.45, 7) is 10.5. The predicted molar refractivity (Wildman–Crippen MR) is 83.8 cm³/mol. The molecule has 1 aromatic rings. The van der Waals surface area contributed by atoms with E-state index >= 15 is 0 Å². The maximum atomic E-state index is 10.3. The van der Waals surface area contributed by atoms with E-state index in [-0.39, 0.29) is 5.41 Å². The van der Waals surface area contributed by atoms with Crippen LogP contribution in [-0.4, -0.2) is 47.0 Å². The summed E-state index contributed by atoms with van der Waals surface area (Å²) in [5, 5.41) is 16.7. The van der Waals surface area contributed by atoms with Gasteiger partial charge in [0, 0.05) is 37.6 Å². The van der Waals surface area contributed by atoms with Crippen molar-refractivity contribution in [2.45, 2.75) is 45.1 Å². The van der Waals surface area contributed by atoms with Gasteiger partial charge in [-0.3, -0.25) is 0 Å². The molecule has 1 aromatic heterocycles. The Morgan fingerprint density at radius 2 is 1.95 bits per heavy atom. The summed E-state index contributed by atoms with van der Waals surface area (Å²) in [5.41, 5.74) is -0.930. The lowest BCUT2D eigenvalue weighted by molar-refractivity contribution is 0.0381. The lowest BCUT2D eigenvalue weighted by Crippen LogP contribution is -2.37. The largest absolute Gasteiger partial charge is 0.386 e. The molecule has 1 atom stereocenters. The van der Waals surface area contributed by atoms with Crippen LogP contribution in [0.15, 0.2) is 6.07 Å². The molecule has 2 heterocycles. The maximum absolute atomic E-state index is 10.3. The Morgan fingerprint density at radius 1 is 1.29 bits per heavy atom. The Morgan fingerprint density at radius 3 is 2.48 bits per heavy atom. The van der Waals surface area contributed by atoms with E-state index in [0.717, 1.165) is 24.0 Å². The van der Waals surface area contributed by atoms with Gasteiger partial charge in [0.15, 0.2) is 0 Å². The van der Waals surface area contributed by atoms with Crippen molar-refractivity contribution in [2.24, 2.45) is 0 Å². The molecule has 0 amide bonds. The second kappa shape index (κ2) is 6.15. The molecule has 1 saturated heterocycles. The molecule has 0 aromatic carbocycles. The highest BCUT2D eigenvalue weighted by Crippen LogP contribution is 2.23. The molecular formula is C15H26N4O2. The number of aromatic nitrogens is 2. The zero-order valence-corrected chi connectivity index (χ0v) is 13.4. The zero-order valence-electron chi connectivity index (χ0n) is 13.4. The predicted octanol–water partition coefficient (Wildman–Crippen LogP) is 1.77. The van der Waals surface area contributed by atoms with Crippen LogP contribution >= 0.6 is 0 Å². The Bertz CT molecular complexity index is 479. The number of hydrogen-bond acceptors (Lipinski definition) is 6. The fourth-order valence-corrected chi connectivity index (χ4v) is 2.14. The highest BCUT2D eigenvalue weighted by molar-refractivity contribution is 5.48. The monoisotopic (exact) mass is 294 g/mol. The molecular weight excluding hydrogens is 268 g/mol. The topological polar surface area (TPSA) is 79.3 Å². The van der Waals surface area contributed by atoms with E-state index in [1.807, 2.05) is 13.0 Å². The molecule has 0 spiro atoms. The molecule has 3 N–H and O–H groups in total. The van der Waals surface area contributed by atoms with Crippen molar-refractivity contribution in [2.75, 3.05) is 36.9 Å². The van der Waals surface area contributed by atoms with Crippen LogP contribution in [0.1, 0.15) is 39.9 Å². The van der Waals surface area contributed by atoms with Gasteiger partial charge in [-0.1, -0.05) is 20.8 Å². The molecule has 0 bridgehead atoms. The minimum atomic E-state index is -0.800. The number of rotatable bonds is 5. The number of ether oxygens (including phenoxy) is 1. The summed E-state index contributed by atoms with van der Waals surface area (Å²) in [5.74, 6) is 2.30. The van der Waals surface area contributed by atoms with Gasteiger partial charge >= 0.3 is 0 Å². The van der Waals surface area contributed by atoms with Gasteiger partial charge in [-0.25, -0.2) is 9.97 Å². The molecule has 1 unspecified atom stereocenters. The maximum Gasteiger partial charge on any atom is 0.138 e. The van der Waals surface area contributed by atoms with Gasteiger partial charge in [-0.05, 0) is 6.92 Å². The summed E-state index contributed by atoms with van der Waals surface area (Å²) < 4.78 is 5.25. The lowest BCUT2D eigenvalue weighted by Gasteiger charge is -2.23. The molecule has 0 radical (unpaired) electrons. The van der Waals surface area contributed by atoms with Crippen LogP contribution in [-0.2, 0) is 10.2 Å². The first-order valence-corrected chi connectivity index (χ1v) is 7.50. The van der Waals surface area contributed by atoms with Crippen LogP contribution in [0.3, 0.4) is 0 Å². The van der Waals surface area contributed by atoms with Crippen LogP contribution in [0.2, 0.25) is 0 Å². The quantitative estimate of drug-likeness (QED) is 0.768. The van der Waals surface area contributed by atoms with Gasteiger partial charge in [0.05, 0.1) is 6.61 Å². The van der Waals surface area contributed by atoms with Crippen molar-refractivity contribution < 1.29 is 9.84 Å². The third-order valence-corrected chi connectivity index (χ3v) is 3.44. The Balaban J connectivity index is 2.15. The number of aliphatic hydroxyl groups is 1.